The first-order valence-corrected chi connectivity index (χ1v) is 8.16. The van der Waals surface area contributed by atoms with Gasteiger partial charge >= 0.3 is 0 Å². The number of thiocarbonyl (C=S) groups is 1. The fourth-order valence-corrected chi connectivity index (χ4v) is 2.95. The maximum Gasteiger partial charge on any atom is 0.265 e. The zero-order valence-electron chi connectivity index (χ0n) is 12.9. The summed E-state index contributed by atoms with van der Waals surface area (Å²) < 4.78 is 11.5. The molecule has 24 heavy (non-hydrogen) atoms. The van der Waals surface area contributed by atoms with Gasteiger partial charge in [-0.25, -0.2) is 0 Å². The fraction of sp³-hybridized carbons (Fsp3) is 0.188. The monoisotopic (exact) mass is 456 g/mol. The number of benzene rings is 1. The lowest BCUT2D eigenvalue weighted by molar-refractivity contribution is -0.128. The van der Waals surface area contributed by atoms with Gasteiger partial charge in [-0.1, -0.05) is 5.92 Å². The molecule has 1 aromatic rings. The van der Waals surface area contributed by atoms with E-state index >= 15 is 0 Å². The number of hydrogen-bond acceptors (Lipinski definition) is 5. The van der Waals surface area contributed by atoms with Gasteiger partial charge in [0.05, 0.1) is 10.7 Å². The summed E-state index contributed by atoms with van der Waals surface area (Å²) in [5.41, 5.74) is 0.602. The predicted octanol–water partition coefficient (Wildman–Crippen LogP) is 1.57. The van der Waals surface area contributed by atoms with Crippen LogP contribution in [0.25, 0.3) is 6.08 Å². The Morgan fingerprint density at radius 3 is 2.79 bits per heavy atom. The largest absolute Gasteiger partial charge is 0.493 e. The minimum atomic E-state index is -0.537. The topological polar surface area (TPSA) is 67.9 Å². The Hall–Kier alpha value is -2.12. The lowest BCUT2D eigenvalue weighted by Gasteiger charge is -2.25. The zero-order valence-corrected chi connectivity index (χ0v) is 15.9. The van der Waals surface area contributed by atoms with Gasteiger partial charge in [-0.15, -0.1) is 6.42 Å². The van der Waals surface area contributed by atoms with Crippen LogP contribution in [0.2, 0.25) is 0 Å². The van der Waals surface area contributed by atoms with Gasteiger partial charge in [-0.3, -0.25) is 19.8 Å². The number of nitrogens with one attached hydrogen (secondary N) is 1. The summed E-state index contributed by atoms with van der Waals surface area (Å²) in [6.45, 7) is 0.107. The highest BCUT2D eigenvalue weighted by atomic mass is 127. The summed E-state index contributed by atoms with van der Waals surface area (Å²) >= 11 is 6.98. The lowest BCUT2D eigenvalue weighted by atomic mass is 10.1. The van der Waals surface area contributed by atoms with Crippen LogP contribution in [0.4, 0.5) is 0 Å². The van der Waals surface area contributed by atoms with E-state index in [-0.39, 0.29) is 17.3 Å². The molecule has 0 aromatic heterocycles. The molecule has 1 aliphatic heterocycles. The van der Waals surface area contributed by atoms with Crippen molar-refractivity contribution >= 4 is 57.8 Å². The van der Waals surface area contributed by atoms with Gasteiger partial charge in [0.15, 0.2) is 16.6 Å². The summed E-state index contributed by atoms with van der Waals surface area (Å²) in [6.07, 6.45) is 6.68. The van der Waals surface area contributed by atoms with Crippen molar-refractivity contribution in [3.63, 3.8) is 0 Å². The molecule has 1 saturated heterocycles. The van der Waals surface area contributed by atoms with Crippen molar-refractivity contribution in [2.24, 2.45) is 0 Å². The highest BCUT2D eigenvalue weighted by Gasteiger charge is 2.30. The maximum absolute atomic E-state index is 12.2. The number of carbonyl (C=O) groups is 2. The van der Waals surface area contributed by atoms with Crippen molar-refractivity contribution in [3.05, 3.63) is 26.8 Å². The van der Waals surface area contributed by atoms with Gasteiger partial charge in [0.1, 0.15) is 12.2 Å². The van der Waals surface area contributed by atoms with E-state index in [9.17, 15) is 9.59 Å². The molecule has 1 heterocycles. The van der Waals surface area contributed by atoms with Crippen molar-refractivity contribution in [2.45, 2.75) is 0 Å². The smallest absolute Gasteiger partial charge is 0.265 e. The third kappa shape index (κ3) is 3.68. The molecule has 2 amide bonds. The standard InChI is InChI=1S/C16H13IN2O4S/c1-4-5-23-13-11(17)7-9(8-12(13)22-3)6-10-14(20)18-16(24)19(2)15(10)21/h1,6-8H,5H2,2-3H3,(H,18,20,24)/b10-6+. The van der Waals surface area contributed by atoms with E-state index in [0.29, 0.717) is 17.1 Å². The number of hydrogen-bond donors (Lipinski definition) is 1. The molecule has 1 N–H and O–H groups in total. The Balaban J connectivity index is 2.44. The van der Waals surface area contributed by atoms with Gasteiger partial charge in [0, 0.05) is 7.05 Å². The van der Waals surface area contributed by atoms with Crippen LogP contribution in [0.5, 0.6) is 11.5 Å². The molecule has 1 aromatic carbocycles. The molecule has 0 saturated carbocycles. The average Bonchev–Trinajstić information content (AvgIpc) is 2.55. The summed E-state index contributed by atoms with van der Waals surface area (Å²) in [5, 5.41) is 2.54. The molecule has 0 radical (unpaired) electrons. The van der Waals surface area contributed by atoms with Crippen LogP contribution >= 0.6 is 34.8 Å². The zero-order chi connectivity index (χ0) is 17.9. The minimum absolute atomic E-state index is 0.0127. The van der Waals surface area contributed by atoms with Gasteiger partial charge in [0.2, 0.25) is 0 Å². The molecule has 0 bridgehead atoms. The Morgan fingerprint density at radius 1 is 1.46 bits per heavy atom. The number of methoxy groups -OCH3 is 1. The highest BCUT2D eigenvalue weighted by Crippen LogP contribution is 2.34. The van der Waals surface area contributed by atoms with Gasteiger partial charge in [0.25, 0.3) is 11.8 Å². The Labute approximate surface area is 158 Å². The molecule has 0 unspecified atom stereocenters. The first kappa shape index (κ1) is 18.2. The second kappa shape index (κ2) is 7.63. The van der Waals surface area contributed by atoms with E-state index in [1.165, 1.54) is 25.1 Å². The van der Waals surface area contributed by atoms with Crippen molar-refractivity contribution < 1.29 is 19.1 Å². The van der Waals surface area contributed by atoms with Crippen LogP contribution in [0.15, 0.2) is 17.7 Å². The van der Waals surface area contributed by atoms with Gasteiger partial charge in [-0.05, 0) is 58.6 Å². The molecule has 1 aliphatic rings. The van der Waals surface area contributed by atoms with Gasteiger partial charge < -0.3 is 9.47 Å². The Kier molecular flexibility index (Phi) is 5.80. The highest BCUT2D eigenvalue weighted by molar-refractivity contribution is 14.1. The van der Waals surface area contributed by atoms with Crippen LogP contribution in [0.1, 0.15) is 5.56 Å². The molecule has 1 fully saturated rings. The first-order valence-electron chi connectivity index (χ1n) is 6.68. The van der Waals surface area contributed by atoms with E-state index in [2.05, 4.69) is 33.8 Å². The third-order valence-electron chi connectivity index (χ3n) is 3.17. The summed E-state index contributed by atoms with van der Waals surface area (Å²) in [7, 11) is 2.99. The molecule has 6 nitrogen and oxygen atoms in total. The van der Waals surface area contributed by atoms with E-state index < -0.39 is 11.8 Å². The first-order chi connectivity index (χ1) is 11.4. The second-order valence-corrected chi connectivity index (χ2v) is 6.26. The van der Waals surface area contributed by atoms with Gasteiger partial charge in [-0.2, -0.15) is 0 Å². The minimum Gasteiger partial charge on any atom is -0.493 e. The number of likely N-dealkylation sites (N-methyl/N-ethyl adjacent to an activating group) is 1. The molecular weight excluding hydrogens is 443 g/mol. The number of amides is 2. The summed E-state index contributed by atoms with van der Waals surface area (Å²) in [6, 6.07) is 3.42. The van der Waals surface area contributed by atoms with E-state index in [4.69, 9.17) is 28.1 Å². The van der Waals surface area contributed by atoms with Crippen molar-refractivity contribution in [3.8, 4) is 23.8 Å². The van der Waals surface area contributed by atoms with Crippen molar-refractivity contribution in [2.75, 3.05) is 20.8 Å². The molecule has 0 atom stereocenters. The van der Waals surface area contributed by atoms with E-state index in [1.807, 2.05) is 0 Å². The molecule has 0 spiro atoms. The van der Waals surface area contributed by atoms with Crippen LogP contribution in [0, 0.1) is 15.9 Å². The molecule has 2 rings (SSSR count). The fourth-order valence-electron chi connectivity index (χ4n) is 1.99. The SMILES string of the molecule is C#CCOc1c(I)cc(/C=C2\C(=O)NC(=S)N(C)C2=O)cc1OC. The molecule has 0 aliphatic carbocycles. The molecular formula is C16H13IN2O4S. The summed E-state index contributed by atoms with van der Waals surface area (Å²) in [4.78, 5) is 25.4. The number of terminal acetylenes is 1. The normalized spacial score (nSPS) is 16.0. The van der Waals surface area contributed by atoms with Crippen LogP contribution in [-0.2, 0) is 9.59 Å². The van der Waals surface area contributed by atoms with Crippen LogP contribution in [0.3, 0.4) is 0 Å². The van der Waals surface area contributed by atoms with Crippen molar-refractivity contribution in [1.29, 1.82) is 0 Å². The van der Waals surface area contributed by atoms with E-state index in [1.54, 1.807) is 12.1 Å². The third-order valence-corrected chi connectivity index (χ3v) is 4.34. The Bertz CT molecular complexity index is 798. The van der Waals surface area contributed by atoms with Crippen LogP contribution in [-0.4, -0.2) is 42.6 Å². The predicted molar refractivity (Wildman–Crippen MR) is 102 cm³/mol. The second-order valence-electron chi connectivity index (χ2n) is 4.71. The average molecular weight is 456 g/mol. The van der Waals surface area contributed by atoms with Crippen LogP contribution < -0.4 is 14.8 Å². The number of rotatable bonds is 4. The van der Waals surface area contributed by atoms with E-state index in [0.717, 1.165) is 3.57 Å². The number of nitrogens with zero attached hydrogens (tertiary/aromatic N) is 1. The number of ether oxygens (including phenoxy) is 2. The van der Waals surface area contributed by atoms with Crippen molar-refractivity contribution in [1.82, 2.24) is 10.2 Å². The lowest BCUT2D eigenvalue weighted by Crippen LogP contribution is -2.52. The molecule has 8 heteroatoms. The Morgan fingerprint density at radius 2 is 2.17 bits per heavy atom. The quantitative estimate of drug-likeness (QED) is 0.245. The number of carbonyl (C=O) groups excluding carboxylic acids is 2. The summed E-state index contributed by atoms with van der Waals surface area (Å²) in [5.74, 6) is 2.35. The molecule has 124 valence electrons. The maximum atomic E-state index is 12.2. The number of halogens is 1.